The Hall–Kier alpha value is -2.01. The Balaban J connectivity index is 3.36. The Morgan fingerprint density at radius 2 is 1.89 bits per heavy atom. The second-order valence-corrected chi connectivity index (χ2v) is 3.79. The molecule has 0 saturated heterocycles. The molecule has 5 nitrogen and oxygen atoms in total. The van der Waals surface area contributed by atoms with E-state index < -0.39 is 0 Å². The van der Waals surface area contributed by atoms with Crippen molar-refractivity contribution in [2.75, 3.05) is 28.4 Å². The van der Waals surface area contributed by atoms with Gasteiger partial charge >= 0.3 is 0 Å². The number of rotatable bonds is 5. The maximum absolute atomic E-state index is 12.1. The Labute approximate surface area is 113 Å². The maximum atomic E-state index is 12.1. The molecule has 1 aromatic rings. The quantitative estimate of drug-likeness (QED) is 0.767. The molecule has 0 aromatic heterocycles. The van der Waals surface area contributed by atoms with Crippen LogP contribution in [-0.2, 0) is 4.84 Å². The number of hydrogen-bond acceptors (Lipinski definition) is 4. The number of allylic oxidation sites excluding steroid dienone is 1. The van der Waals surface area contributed by atoms with Gasteiger partial charge in [-0.3, -0.25) is 9.63 Å². The zero-order valence-corrected chi connectivity index (χ0v) is 11.9. The monoisotopic (exact) mass is 265 g/mol. The van der Waals surface area contributed by atoms with E-state index >= 15 is 0 Å². The van der Waals surface area contributed by atoms with Crippen LogP contribution in [0.1, 0.15) is 22.8 Å². The molecule has 0 heterocycles. The lowest BCUT2D eigenvalue weighted by molar-refractivity contribution is -0.0757. The normalized spacial score (nSPS) is 10.6. The third-order valence-electron chi connectivity index (χ3n) is 2.66. The predicted octanol–water partition coefficient (Wildman–Crippen LogP) is 2.37. The number of hydroxylamine groups is 2. The van der Waals surface area contributed by atoms with Crippen molar-refractivity contribution in [3.8, 4) is 11.5 Å². The zero-order valence-electron chi connectivity index (χ0n) is 11.9. The van der Waals surface area contributed by atoms with Crippen LogP contribution >= 0.6 is 0 Å². The van der Waals surface area contributed by atoms with Gasteiger partial charge in [-0.1, -0.05) is 12.2 Å². The minimum Gasteiger partial charge on any atom is -0.493 e. The number of ether oxygens (including phenoxy) is 2. The second-order valence-electron chi connectivity index (χ2n) is 3.79. The van der Waals surface area contributed by atoms with Crippen LogP contribution in [0.25, 0.3) is 6.08 Å². The molecule has 0 spiro atoms. The van der Waals surface area contributed by atoms with Crippen LogP contribution in [0.3, 0.4) is 0 Å². The molecule has 0 aliphatic rings. The number of amides is 1. The lowest BCUT2D eigenvalue weighted by Gasteiger charge is -2.16. The minimum atomic E-state index is -0.255. The molecular formula is C14H19NO4. The van der Waals surface area contributed by atoms with Gasteiger partial charge in [0.05, 0.1) is 21.3 Å². The van der Waals surface area contributed by atoms with E-state index in [1.165, 1.54) is 14.2 Å². The molecule has 0 aliphatic carbocycles. The molecule has 5 heteroatoms. The number of benzene rings is 1. The van der Waals surface area contributed by atoms with Gasteiger partial charge in [-0.25, -0.2) is 5.06 Å². The summed E-state index contributed by atoms with van der Waals surface area (Å²) >= 11 is 0. The summed E-state index contributed by atoms with van der Waals surface area (Å²) in [6, 6.07) is 3.36. The molecule has 0 aliphatic heterocycles. The van der Waals surface area contributed by atoms with E-state index in [9.17, 15) is 4.79 Å². The molecule has 1 aromatic carbocycles. The van der Waals surface area contributed by atoms with Crippen molar-refractivity contribution < 1.29 is 19.1 Å². The third kappa shape index (κ3) is 3.26. The first-order valence-corrected chi connectivity index (χ1v) is 5.79. The van der Waals surface area contributed by atoms with Crippen molar-refractivity contribution in [1.29, 1.82) is 0 Å². The third-order valence-corrected chi connectivity index (χ3v) is 2.66. The topological polar surface area (TPSA) is 48.0 Å². The van der Waals surface area contributed by atoms with Crippen molar-refractivity contribution in [3.63, 3.8) is 0 Å². The van der Waals surface area contributed by atoms with E-state index in [2.05, 4.69) is 0 Å². The fourth-order valence-corrected chi connectivity index (χ4v) is 1.69. The van der Waals surface area contributed by atoms with Crippen LogP contribution < -0.4 is 9.47 Å². The van der Waals surface area contributed by atoms with E-state index in [4.69, 9.17) is 14.3 Å². The maximum Gasteiger partial charge on any atom is 0.277 e. The van der Waals surface area contributed by atoms with Crippen LogP contribution in [0.2, 0.25) is 0 Å². The standard InChI is InChI=1S/C14H19NO4/c1-6-7-10-8-11(14(16)15(2)19-5)9-12(17-3)13(10)18-4/h6-9H,1-5H3/b7-6+. The molecule has 0 bridgehead atoms. The molecule has 0 saturated carbocycles. The van der Waals surface area contributed by atoms with Crippen LogP contribution in [0.15, 0.2) is 18.2 Å². The van der Waals surface area contributed by atoms with Crippen LogP contribution in [0.5, 0.6) is 11.5 Å². The number of nitrogens with zero attached hydrogens (tertiary/aromatic N) is 1. The van der Waals surface area contributed by atoms with Gasteiger partial charge < -0.3 is 9.47 Å². The molecule has 0 unspecified atom stereocenters. The molecule has 0 fully saturated rings. The first-order valence-electron chi connectivity index (χ1n) is 5.79. The summed E-state index contributed by atoms with van der Waals surface area (Å²) in [5.74, 6) is 0.845. The molecule has 0 radical (unpaired) electrons. The molecule has 0 atom stereocenters. The van der Waals surface area contributed by atoms with Crippen molar-refractivity contribution in [2.45, 2.75) is 6.92 Å². The van der Waals surface area contributed by atoms with Gasteiger partial charge in [0, 0.05) is 18.2 Å². The van der Waals surface area contributed by atoms with Crippen molar-refractivity contribution >= 4 is 12.0 Å². The molecule has 19 heavy (non-hydrogen) atoms. The summed E-state index contributed by atoms with van der Waals surface area (Å²) in [5.41, 5.74) is 1.24. The Morgan fingerprint density at radius 1 is 1.21 bits per heavy atom. The van der Waals surface area contributed by atoms with Crippen LogP contribution in [0, 0.1) is 0 Å². The van der Waals surface area contributed by atoms with Gasteiger partial charge in [0.1, 0.15) is 0 Å². The van der Waals surface area contributed by atoms with E-state index in [0.29, 0.717) is 17.1 Å². The highest BCUT2D eigenvalue weighted by Crippen LogP contribution is 2.33. The van der Waals surface area contributed by atoms with Crippen molar-refractivity contribution in [3.05, 3.63) is 29.3 Å². The van der Waals surface area contributed by atoms with E-state index in [0.717, 1.165) is 10.6 Å². The first-order chi connectivity index (χ1) is 9.08. The lowest BCUT2D eigenvalue weighted by Crippen LogP contribution is -2.25. The summed E-state index contributed by atoms with van der Waals surface area (Å²) in [7, 11) is 6.08. The average molecular weight is 265 g/mol. The SMILES string of the molecule is C/C=C/c1cc(C(=O)N(C)OC)cc(OC)c1OC. The molecule has 1 amide bonds. The highest BCUT2D eigenvalue weighted by Gasteiger charge is 2.17. The summed E-state index contributed by atoms with van der Waals surface area (Å²) in [5, 5.41) is 1.15. The second kappa shape index (κ2) is 6.80. The summed E-state index contributed by atoms with van der Waals surface area (Å²) in [6.07, 6.45) is 3.72. The van der Waals surface area contributed by atoms with E-state index in [1.807, 2.05) is 19.1 Å². The number of carbonyl (C=O) groups excluding carboxylic acids is 1. The summed E-state index contributed by atoms with van der Waals surface area (Å²) in [4.78, 5) is 17.0. The zero-order chi connectivity index (χ0) is 14.4. The number of methoxy groups -OCH3 is 2. The fourth-order valence-electron chi connectivity index (χ4n) is 1.69. The molecule has 0 N–H and O–H groups in total. The van der Waals surface area contributed by atoms with Gasteiger partial charge in [-0.2, -0.15) is 0 Å². The van der Waals surface area contributed by atoms with Crippen molar-refractivity contribution in [1.82, 2.24) is 5.06 Å². The molecular weight excluding hydrogens is 246 g/mol. The largest absolute Gasteiger partial charge is 0.493 e. The van der Waals surface area contributed by atoms with Gasteiger partial charge in [-0.05, 0) is 19.1 Å². The Morgan fingerprint density at radius 3 is 2.37 bits per heavy atom. The summed E-state index contributed by atoms with van der Waals surface area (Å²) in [6.45, 7) is 1.89. The number of carbonyl (C=O) groups is 1. The summed E-state index contributed by atoms with van der Waals surface area (Å²) < 4.78 is 10.6. The number of hydrogen-bond donors (Lipinski definition) is 0. The molecule has 1 rings (SSSR count). The van der Waals surface area contributed by atoms with E-state index in [-0.39, 0.29) is 5.91 Å². The minimum absolute atomic E-state index is 0.255. The first kappa shape index (κ1) is 15.0. The lowest BCUT2D eigenvalue weighted by atomic mass is 10.1. The predicted molar refractivity (Wildman–Crippen MR) is 73.4 cm³/mol. The van der Waals surface area contributed by atoms with Gasteiger partial charge in [0.25, 0.3) is 5.91 Å². The highest BCUT2D eigenvalue weighted by atomic mass is 16.7. The van der Waals surface area contributed by atoms with Crippen molar-refractivity contribution in [2.24, 2.45) is 0 Å². The van der Waals surface area contributed by atoms with E-state index in [1.54, 1.807) is 26.3 Å². The average Bonchev–Trinajstić information content (AvgIpc) is 2.44. The van der Waals surface area contributed by atoms with Gasteiger partial charge in [-0.15, -0.1) is 0 Å². The van der Waals surface area contributed by atoms with Gasteiger partial charge in [0.15, 0.2) is 11.5 Å². The Kier molecular flexibility index (Phi) is 5.38. The fraction of sp³-hybridized carbons (Fsp3) is 0.357. The van der Waals surface area contributed by atoms with Crippen LogP contribution in [-0.4, -0.2) is 39.3 Å². The highest BCUT2D eigenvalue weighted by molar-refractivity contribution is 5.95. The smallest absolute Gasteiger partial charge is 0.277 e. The van der Waals surface area contributed by atoms with Crippen LogP contribution in [0.4, 0.5) is 0 Å². The Bertz CT molecular complexity index is 483. The molecule has 104 valence electrons. The van der Waals surface area contributed by atoms with Gasteiger partial charge in [0.2, 0.25) is 0 Å².